The first-order valence-electron chi connectivity index (χ1n) is 7.39. The number of halogens is 1. The number of hydrogen-bond acceptors (Lipinski definition) is 5. The molecule has 0 aliphatic rings. The lowest BCUT2D eigenvalue weighted by Crippen LogP contribution is -2.22. The van der Waals surface area contributed by atoms with Crippen LogP contribution < -0.4 is 4.74 Å². The molecule has 0 spiro atoms. The van der Waals surface area contributed by atoms with E-state index in [2.05, 4.69) is 9.97 Å². The highest BCUT2D eigenvalue weighted by Crippen LogP contribution is 2.14. The number of aryl methyl sites for hydroxylation is 1. The van der Waals surface area contributed by atoms with Crippen LogP contribution in [0.1, 0.15) is 17.3 Å². The zero-order valence-electron chi connectivity index (χ0n) is 13.3. The first-order valence-corrected chi connectivity index (χ1v) is 7.39. The number of carbonyl (C=O) groups excluding carboxylic acids is 1. The minimum Gasteiger partial charge on any atom is -0.490 e. The molecule has 6 nitrogen and oxygen atoms in total. The van der Waals surface area contributed by atoms with Gasteiger partial charge in [-0.1, -0.05) is 6.07 Å². The van der Waals surface area contributed by atoms with Crippen LogP contribution in [-0.2, 0) is 11.8 Å². The Kier molecular flexibility index (Phi) is 4.41. The molecule has 1 unspecified atom stereocenters. The van der Waals surface area contributed by atoms with Crippen LogP contribution >= 0.6 is 0 Å². The predicted molar refractivity (Wildman–Crippen MR) is 85.3 cm³/mol. The fourth-order valence-electron chi connectivity index (χ4n) is 2.18. The molecule has 1 aromatic carbocycles. The second-order valence-electron chi connectivity index (χ2n) is 5.41. The lowest BCUT2D eigenvalue weighted by molar-refractivity contribution is 0.0228. The van der Waals surface area contributed by atoms with Crippen molar-refractivity contribution < 1.29 is 18.7 Å². The summed E-state index contributed by atoms with van der Waals surface area (Å²) in [5.74, 6) is -0.508. The largest absolute Gasteiger partial charge is 0.490 e. The number of benzene rings is 1. The van der Waals surface area contributed by atoms with Crippen LogP contribution in [-0.4, -0.2) is 33.2 Å². The zero-order chi connectivity index (χ0) is 17.1. The van der Waals surface area contributed by atoms with Crippen molar-refractivity contribution in [2.24, 2.45) is 7.05 Å². The first kappa shape index (κ1) is 15.9. The monoisotopic (exact) mass is 329 g/mol. The average molecular weight is 329 g/mol. The Morgan fingerprint density at radius 2 is 2.17 bits per heavy atom. The van der Waals surface area contributed by atoms with E-state index < -0.39 is 12.1 Å². The molecule has 0 bridgehead atoms. The van der Waals surface area contributed by atoms with Crippen LogP contribution in [0.5, 0.6) is 5.75 Å². The Balaban J connectivity index is 1.60. The second kappa shape index (κ2) is 6.66. The Hall–Kier alpha value is -2.96. The molecule has 24 heavy (non-hydrogen) atoms. The highest BCUT2D eigenvalue weighted by atomic mass is 19.1. The number of pyridine rings is 1. The van der Waals surface area contributed by atoms with Gasteiger partial charge in [0.2, 0.25) is 0 Å². The van der Waals surface area contributed by atoms with Gasteiger partial charge in [0.05, 0.1) is 11.9 Å². The number of nitrogens with zero attached hydrogens (tertiary/aromatic N) is 3. The maximum Gasteiger partial charge on any atom is 0.340 e. The number of imidazole rings is 1. The first-order chi connectivity index (χ1) is 11.5. The topological polar surface area (TPSA) is 66.2 Å². The number of carbonyl (C=O) groups is 1. The Morgan fingerprint density at radius 1 is 1.33 bits per heavy atom. The van der Waals surface area contributed by atoms with E-state index in [0.29, 0.717) is 22.5 Å². The van der Waals surface area contributed by atoms with Gasteiger partial charge in [-0.05, 0) is 25.1 Å². The van der Waals surface area contributed by atoms with E-state index in [9.17, 15) is 9.18 Å². The van der Waals surface area contributed by atoms with Crippen molar-refractivity contribution in [3.63, 3.8) is 0 Å². The summed E-state index contributed by atoms with van der Waals surface area (Å²) in [5.41, 5.74) is 1.63. The van der Waals surface area contributed by atoms with Crippen molar-refractivity contribution in [2.75, 3.05) is 6.61 Å². The van der Waals surface area contributed by atoms with Gasteiger partial charge in [-0.25, -0.2) is 19.2 Å². The molecule has 7 heteroatoms. The molecular weight excluding hydrogens is 313 g/mol. The van der Waals surface area contributed by atoms with Crippen LogP contribution in [0.2, 0.25) is 0 Å². The summed E-state index contributed by atoms with van der Waals surface area (Å²) < 4.78 is 25.6. The maximum atomic E-state index is 13.1. The quantitative estimate of drug-likeness (QED) is 0.673. The lowest BCUT2D eigenvalue weighted by atomic mass is 10.2. The van der Waals surface area contributed by atoms with E-state index in [0.717, 1.165) is 0 Å². The van der Waals surface area contributed by atoms with Crippen molar-refractivity contribution in [2.45, 2.75) is 13.0 Å². The van der Waals surface area contributed by atoms with Gasteiger partial charge in [-0.2, -0.15) is 0 Å². The van der Waals surface area contributed by atoms with Crippen molar-refractivity contribution in [3.05, 3.63) is 54.2 Å². The molecule has 2 aromatic heterocycles. The van der Waals surface area contributed by atoms with E-state index >= 15 is 0 Å². The van der Waals surface area contributed by atoms with Crippen LogP contribution in [0.4, 0.5) is 4.39 Å². The molecular formula is C17H16FN3O3. The van der Waals surface area contributed by atoms with E-state index in [4.69, 9.17) is 9.47 Å². The standard InChI is InChI=1S/C17H16FN3O3/c1-11(9-23-14-5-3-4-13(18)7-14)24-17(22)12-6-15-16(19-8-12)21(2)10-20-15/h3-8,10-11H,9H2,1-2H3. The third kappa shape index (κ3) is 3.51. The van der Waals surface area contributed by atoms with Crippen molar-refractivity contribution in [3.8, 4) is 5.75 Å². The van der Waals surface area contributed by atoms with E-state index in [1.807, 2.05) is 7.05 Å². The summed E-state index contributed by atoms with van der Waals surface area (Å²) in [4.78, 5) is 20.5. The molecule has 0 amide bonds. The van der Waals surface area contributed by atoms with E-state index in [1.54, 1.807) is 36.0 Å². The molecule has 3 rings (SSSR count). The second-order valence-corrected chi connectivity index (χ2v) is 5.41. The molecule has 0 fully saturated rings. The van der Waals surface area contributed by atoms with Crippen molar-refractivity contribution in [1.29, 1.82) is 0 Å². The fourth-order valence-corrected chi connectivity index (χ4v) is 2.18. The number of esters is 1. The lowest BCUT2D eigenvalue weighted by Gasteiger charge is -2.14. The molecule has 0 aliphatic heterocycles. The van der Waals surface area contributed by atoms with Gasteiger partial charge >= 0.3 is 5.97 Å². The van der Waals surface area contributed by atoms with Gasteiger partial charge in [0.15, 0.2) is 5.65 Å². The van der Waals surface area contributed by atoms with Crippen LogP contribution in [0.25, 0.3) is 11.2 Å². The summed E-state index contributed by atoms with van der Waals surface area (Å²) in [7, 11) is 1.83. The van der Waals surface area contributed by atoms with Crippen LogP contribution in [0.15, 0.2) is 42.9 Å². The van der Waals surface area contributed by atoms with Gasteiger partial charge in [0.1, 0.15) is 29.8 Å². The Morgan fingerprint density at radius 3 is 2.96 bits per heavy atom. The van der Waals surface area contributed by atoms with Gasteiger partial charge in [-0.3, -0.25) is 0 Å². The Bertz CT molecular complexity index is 878. The van der Waals surface area contributed by atoms with Crippen LogP contribution in [0, 0.1) is 5.82 Å². The summed E-state index contributed by atoms with van der Waals surface area (Å²) in [6, 6.07) is 7.42. The summed E-state index contributed by atoms with van der Waals surface area (Å²) in [6.45, 7) is 1.82. The van der Waals surface area contributed by atoms with E-state index in [1.165, 1.54) is 18.3 Å². The van der Waals surface area contributed by atoms with Crippen LogP contribution in [0.3, 0.4) is 0 Å². The zero-order valence-corrected chi connectivity index (χ0v) is 13.3. The van der Waals surface area contributed by atoms with Gasteiger partial charge in [0, 0.05) is 19.3 Å². The average Bonchev–Trinajstić information content (AvgIpc) is 2.94. The number of fused-ring (bicyclic) bond motifs is 1. The molecule has 0 radical (unpaired) electrons. The third-order valence-corrected chi connectivity index (χ3v) is 3.38. The highest BCUT2D eigenvalue weighted by molar-refractivity contribution is 5.92. The molecule has 0 N–H and O–H groups in total. The van der Waals surface area contributed by atoms with Crippen molar-refractivity contribution >= 4 is 17.1 Å². The molecule has 0 saturated carbocycles. The SMILES string of the molecule is CC(COc1cccc(F)c1)OC(=O)c1cnc2c(c1)ncn2C. The molecule has 1 atom stereocenters. The number of aromatic nitrogens is 3. The number of ether oxygens (including phenoxy) is 2. The van der Waals surface area contributed by atoms with E-state index in [-0.39, 0.29) is 12.4 Å². The third-order valence-electron chi connectivity index (χ3n) is 3.38. The highest BCUT2D eigenvalue weighted by Gasteiger charge is 2.15. The summed E-state index contributed by atoms with van der Waals surface area (Å²) in [5, 5.41) is 0. The summed E-state index contributed by atoms with van der Waals surface area (Å²) in [6.07, 6.45) is 2.58. The maximum absolute atomic E-state index is 13.1. The fraction of sp³-hybridized carbons (Fsp3) is 0.235. The van der Waals surface area contributed by atoms with Gasteiger partial charge < -0.3 is 14.0 Å². The molecule has 0 aliphatic carbocycles. The molecule has 124 valence electrons. The number of rotatable bonds is 5. The minimum absolute atomic E-state index is 0.119. The Labute approximate surface area is 137 Å². The smallest absolute Gasteiger partial charge is 0.340 e. The minimum atomic E-state index is -0.509. The summed E-state index contributed by atoms with van der Waals surface area (Å²) >= 11 is 0. The van der Waals surface area contributed by atoms with Crippen molar-refractivity contribution in [1.82, 2.24) is 14.5 Å². The number of hydrogen-bond donors (Lipinski definition) is 0. The van der Waals surface area contributed by atoms with Gasteiger partial charge in [0.25, 0.3) is 0 Å². The normalized spacial score (nSPS) is 12.1. The molecule has 0 saturated heterocycles. The van der Waals surface area contributed by atoms with Gasteiger partial charge in [-0.15, -0.1) is 0 Å². The molecule has 2 heterocycles. The predicted octanol–water partition coefficient (Wildman–Crippen LogP) is 2.73. The molecule has 3 aromatic rings.